The van der Waals surface area contributed by atoms with Gasteiger partial charge in [-0.05, 0) is 271 Å². The van der Waals surface area contributed by atoms with Crippen LogP contribution in [0.25, 0.3) is 56.3 Å². The van der Waals surface area contributed by atoms with Crippen molar-refractivity contribution in [2.45, 2.75) is 310 Å². The number of aryl methyl sites for hydroxylation is 16. The maximum absolute atomic E-state index is 8.09. The minimum absolute atomic E-state index is 0.133. The molecule has 0 atom stereocenters. The molecular formula is C107H154N5+5. The van der Waals surface area contributed by atoms with Crippen molar-refractivity contribution in [1.29, 1.82) is 0 Å². The van der Waals surface area contributed by atoms with E-state index in [2.05, 4.69) is 322 Å². The largest absolute Gasteiger partial charge is 0.212 e. The van der Waals surface area contributed by atoms with Crippen LogP contribution >= 0.6 is 0 Å². The van der Waals surface area contributed by atoms with E-state index in [0.29, 0.717) is 11.1 Å². The Hall–Kier alpha value is -8.15. The second-order valence-corrected chi connectivity index (χ2v) is 34.4. The molecule has 5 aromatic heterocycles. The lowest BCUT2D eigenvalue weighted by atomic mass is 9.68. The van der Waals surface area contributed by atoms with Gasteiger partial charge in [0.2, 0.25) is 28.5 Å². The SMILES string of the molecule is CCC(C)(CC)c1c[n+](C)c(-c2ccc(C)cc2C)cc1C.CCC(C)(CC)c1c[n+](C)c(-c2ccccc2C)cc1C.CCC(C)(CC)c1cc(-c2ccccc2C)[n+](C)cc1C(C)(CC)CC.[2H]C([2H])([2H])c1cc(-c2ccccc2C)[n+](C)cc1C(C)(CC)CC.[2H]C([2H])([2H])c1ccc(-c2cc(C([2H])([2H])[2H])c(C(C)(CC)CC)c[n+]2C)c(C)c1. The van der Waals surface area contributed by atoms with Crippen molar-refractivity contribution < 1.29 is 35.2 Å². The molecule has 0 N–H and O–H groups in total. The Morgan fingerprint density at radius 3 is 0.714 bits per heavy atom. The third-order valence-corrected chi connectivity index (χ3v) is 27.5. The fourth-order valence-electron chi connectivity index (χ4n) is 16.4. The van der Waals surface area contributed by atoms with Gasteiger partial charge in [0.25, 0.3) is 0 Å². The second kappa shape index (κ2) is 39.7. The van der Waals surface area contributed by atoms with Crippen LogP contribution < -0.4 is 22.8 Å². The first kappa shape index (κ1) is 79.1. The highest BCUT2D eigenvalue weighted by Crippen LogP contribution is 2.44. The molecule has 0 unspecified atom stereocenters. The molecule has 5 heteroatoms. The first-order chi connectivity index (χ1) is 56.4. The zero-order chi connectivity index (χ0) is 91.3. The van der Waals surface area contributed by atoms with E-state index >= 15 is 0 Å². The Bertz CT molecular complexity index is 5150. The number of hydrogen-bond donors (Lipinski definition) is 0. The van der Waals surface area contributed by atoms with Gasteiger partial charge in [0.1, 0.15) is 35.2 Å². The number of nitrogens with zero attached hydrogens (tertiary/aromatic N) is 5. The van der Waals surface area contributed by atoms with E-state index in [-0.39, 0.29) is 38.1 Å². The fraction of sp³-hybridized carbons (Fsp3) is 0.486. The van der Waals surface area contributed by atoms with Gasteiger partial charge in [-0.15, -0.1) is 0 Å². The third kappa shape index (κ3) is 20.9. The lowest BCUT2D eigenvalue weighted by Crippen LogP contribution is -2.38. The molecule has 602 valence electrons. The lowest BCUT2D eigenvalue weighted by molar-refractivity contribution is -0.661. The van der Waals surface area contributed by atoms with Crippen LogP contribution in [0.5, 0.6) is 0 Å². The van der Waals surface area contributed by atoms with Crippen molar-refractivity contribution in [3.8, 4) is 56.3 Å². The Kier molecular flexibility index (Phi) is 28.1. The molecule has 0 fully saturated rings. The summed E-state index contributed by atoms with van der Waals surface area (Å²) in [5, 5.41) is 0. The van der Waals surface area contributed by atoms with Crippen LogP contribution in [0.15, 0.2) is 171 Å². The monoisotopic (exact) mass is 1520 g/mol. The molecule has 0 aliphatic heterocycles. The summed E-state index contributed by atoms with van der Waals surface area (Å²) in [6.45, 7) is 51.5. The normalized spacial score (nSPS) is 13.4. The summed E-state index contributed by atoms with van der Waals surface area (Å²) in [5.41, 5.74) is 31.2. The van der Waals surface area contributed by atoms with E-state index in [1.807, 2.05) is 62.2 Å². The Labute approximate surface area is 698 Å². The average molecular weight is 1520 g/mol. The molecule has 0 bridgehead atoms. The number of benzene rings is 5. The molecule has 0 saturated heterocycles. The van der Waals surface area contributed by atoms with Crippen LogP contribution in [0.2, 0.25) is 0 Å². The third-order valence-electron chi connectivity index (χ3n) is 27.5. The number of pyridine rings is 5. The van der Waals surface area contributed by atoms with E-state index in [4.69, 9.17) is 12.3 Å². The summed E-state index contributed by atoms with van der Waals surface area (Å²) in [5.74, 6) is 0. The van der Waals surface area contributed by atoms with Crippen molar-refractivity contribution in [3.05, 3.63) is 265 Å². The summed E-state index contributed by atoms with van der Waals surface area (Å²) < 4.78 is 82.2. The van der Waals surface area contributed by atoms with Gasteiger partial charge in [0, 0.05) is 98.3 Å². The van der Waals surface area contributed by atoms with Crippen LogP contribution in [0.3, 0.4) is 0 Å². The van der Waals surface area contributed by atoms with E-state index in [9.17, 15) is 0 Å². The van der Waals surface area contributed by atoms with E-state index in [1.165, 1.54) is 135 Å². The zero-order valence-corrected chi connectivity index (χ0v) is 75.9. The summed E-state index contributed by atoms with van der Waals surface area (Å²) >= 11 is 0. The molecule has 112 heavy (non-hydrogen) atoms. The molecule has 5 aromatic carbocycles. The van der Waals surface area contributed by atoms with Crippen molar-refractivity contribution >= 4 is 0 Å². The van der Waals surface area contributed by atoms with Gasteiger partial charge in [0.05, 0.1) is 0 Å². The van der Waals surface area contributed by atoms with Crippen LogP contribution in [-0.4, -0.2) is 0 Å². The van der Waals surface area contributed by atoms with Crippen molar-refractivity contribution in [2.75, 3.05) is 0 Å². The van der Waals surface area contributed by atoms with Gasteiger partial charge < -0.3 is 0 Å². The maximum atomic E-state index is 8.09. The summed E-state index contributed by atoms with van der Waals surface area (Å²) in [6.07, 6.45) is 24.0. The van der Waals surface area contributed by atoms with Crippen molar-refractivity contribution in [2.24, 2.45) is 35.2 Å². The predicted octanol–water partition coefficient (Wildman–Crippen LogP) is 26.7. The Morgan fingerprint density at radius 2 is 0.446 bits per heavy atom. The van der Waals surface area contributed by atoms with E-state index in [0.717, 1.165) is 70.5 Å². The molecule has 0 spiro atoms. The highest BCUT2D eigenvalue weighted by atomic mass is 14.9. The van der Waals surface area contributed by atoms with Gasteiger partial charge in [-0.1, -0.05) is 215 Å². The molecule has 0 amide bonds. The lowest BCUT2D eigenvalue weighted by Gasteiger charge is -2.36. The van der Waals surface area contributed by atoms with Gasteiger partial charge in [0.15, 0.2) is 31.0 Å². The van der Waals surface area contributed by atoms with Crippen LogP contribution in [-0.2, 0) is 67.7 Å². The minimum atomic E-state index is -2.23. The average Bonchev–Trinajstić information content (AvgIpc) is 0.772. The molecule has 0 aliphatic carbocycles. The fourth-order valence-corrected chi connectivity index (χ4v) is 16.4. The first-order valence-corrected chi connectivity index (χ1v) is 42.4. The Balaban J connectivity index is 0.000000235. The topological polar surface area (TPSA) is 19.4 Å². The highest BCUT2D eigenvalue weighted by molar-refractivity contribution is 5.66. The minimum Gasteiger partial charge on any atom is -0.201 e. The highest BCUT2D eigenvalue weighted by Gasteiger charge is 2.38. The molecule has 10 rings (SSSR count). The van der Waals surface area contributed by atoms with Crippen LogP contribution in [0.1, 0.15) is 309 Å². The van der Waals surface area contributed by atoms with Gasteiger partial charge in [-0.2, -0.15) is 0 Å². The second-order valence-electron chi connectivity index (χ2n) is 34.4. The quantitative estimate of drug-likeness (QED) is 0.0569. The van der Waals surface area contributed by atoms with E-state index in [1.54, 1.807) is 29.8 Å². The first-order valence-electron chi connectivity index (χ1n) is 46.9. The molecular weight excluding hydrogens is 1360 g/mol. The molecule has 0 aliphatic rings. The zero-order valence-electron chi connectivity index (χ0n) is 84.9. The van der Waals surface area contributed by atoms with Crippen LogP contribution in [0.4, 0.5) is 0 Å². The molecule has 5 heterocycles. The van der Waals surface area contributed by atoms with Crippen molar-refractivity contribution in [3.63, 3.8) is 0 Å². The van der Waals surface area contributed by atoms with Crippen LogP contribution in [0, 0.1) is 75.9 Å². The molecule has 5 nitrogen and oxygen atoms in total. The maximum Gasteiger partial charge on any atom is 0.212 e. The predicted molar refractivity (Wildman–Crippen MR) is 485 cm³/mol. The van der Waals surface area contributed by atoms with Gasteiger partial charge >= 0.3 is 0 Å². The summed E-state index contributed by atoms with van der Waals surface area (Å²) in [7, 11) is 10.4. The van der Waals surface area contributed by atoms with Gasteiger partial charge in [-0.3, -0.25) is 0 Å². The summed E-state index contributed by atoms with van der Waals surface area (Å²) in [4.78, 5) is 0. The molecule has 0 saturated carbocycles. The number of hydrogen-bond acceptors (Lipinski definition) is 0. The van der Waals surface area contributed by atoms with Gasteiger partial charge in [-0.25, -0.2) is 22.8 Å². The number of rotatable bonds is 23. The summed E-state index contributed by atoms with van der Waals surface area (Å²) in [6, 6.07) is 48.0. The Morgan fingerprint density at radius 1 is 0.223 bits per heavy atom. The molecule has 0 radical (unpaired) electrons. The number of aromatic nitrogens is 5. The smallest absolute Gasteiger partial charge is 0.201 e. The van der Waals surface area contributed by atoms with E-state index < -0.39 is 20.6 Å². The molecule has 10 aromatic rings. The standard InChI is InChI=1S/C25H38N.2C21H30N.2C20H28N/c1-9-24(6,10-2)21-17-23(20-16-14-13-15-19(20)5)26(8)18-22(21)25(7,11-3)12-4;2*1-8-21(6,9-2)19-14-22(7)20(13-17(19)5)18-11-10-15(3)12-16(18)4;2*1-7-20(5,8-2)18-14-21(6)19(13-16(18)4)17-12-10-9-11-15(17)3/h13-18H,9-12H2,1-8H3;2*10-14H,8-9H2,1-7H3;2*9-14H,7-8H2,1-6H3/q5*+1/i;3D3,5D3;;4D3;. The van der Waals surface area contributed by atoms with Crippen molar-refractivity contribution in [1.82, 2.24) is 0 Å².